The number of hydrogen-bond acceptors (Lipinski definition) is 9. The van der Waals surface area contributed by atoms with Crippen molar-refractivity contribution in [3.8, 4) is 11.5 Å². The topological polar surface area (TPSA) is 102 Å². The summed E-state index contributed by atoms with van der Waals surface area (Å²) in [4.78, 5) is 28.6. The lowest BCUT2D eigenvalue weighted by Gasteiger charge is -2.24. The van der Waals surface area contributed by atoms with Gasteiger partial charge in [0.05, 0.1) is 25.3 Å². The van der Waals surface area contributed by atoms with Crippen LogP contribution in [-0.2, 0) is 15.3 Å². The Morgan fingerprint density at radius 3 is 2.61 bits per heavy atom. The molecule has 0 aliphatic carbocycles. The van der Waals surface area contributed by atoms with Gasteiger partial charge in [0.1, 0.15) is 0 Å². The number of anilines is 1. The Labute approximate surface area is 285 Å². The molecule has 4 aromatic rings. The number of aromatic nitrogens is 2. The maximum atomic E-state index is 13.7. The first-order valence-electron chi connectivity index (χ1n) is 14.6. The number of aliphatic hydroxyl groups is 1. The maximum Gasteiger partial charge on any atom is 0.296 e. The second-order valence-corrected chi connectivity index (χ2v) is 13.3. The fourth-order valence-electron chi connectivity index (χ4n) is 4.84. The van der Waals surface area contributed by atoms with E-state index in [1.54, 1.807) is 36.4 Å². The molecule has 1 aliphatic heterocycles. The molecule has 1 unspecified atom stereocenters. The molecule has 0 radical (unpaired) electrons. The number of benzene rings is 3. The van der Waals surface area contributed by atoms with Crippen molar-refractivity contribution in [1.82, 2.24) is 10.2 Å². The van der Waals surface area contributed by atoms with Crippen molar-refractivity contribution in [1.29, 1.82) is 0 Å². The Balaban J connectivity index is 1.48. The van der Waals surface area contributed by atoms with Gasteiger partial charge < -0.3 is 14.6 Å². The highest BCUT2D eigenvalue weighted by atomic mass is 35.5. The number of aliphatic hydroxyl groups excluding tert-OH is 1. The van der Waals surface area contributed by atoms with E-state index in [1.807, 2.05) is 36.4 Å². The number of unbranched alkanes of at least 4 members (excludes halogenated alkanes) is 2. The number of amides is 1. The average molecular weight is 697 g/mol. The highest BCUT2D eigenvalue weighted by Gasteiger charge is 2.45. The highest BCUT2D eigenvalue weighted by molar-refractivity contribution is 8.00. The first kappa shape index (κ1) is 33.5. The van der Waals surface area contributed by atoms with Crippen LogP contribution in [0.2, 0.25) is 10.0 Å². The van der Waals surface area contributed by atoms with Gasteiger partial charge >= 0.3 is 0 Å². The van der Waals surface area contributed by atoms with Crippen molar-refractivity contribution in [3.63, 3.8) is 0 Å². The minimum atomic E-state index is -1.00. The molecular formula is C34H31Cl2N3O5S2. The van der Waals surface area contributed by atoms with Crippen molar-refractivity contribution < 1.29 is 24.2 Å². The van der Waals surface area contributed by atoms with Crippen LogP contribution in [0.4, 0.5) is 5.13 Å². The Hall–Kier alpha value is -3.83. The zero-order valence-electron chi connectivity index (χ0n) is 25.1. The van der Waals surface area contributed by atoms with E-state index >= 15 is 0 Å². The normalized spacial score (nSPS) is 14.8. The van der Waals surface area contributed by atoms with Gasteiger partial charge in [-0.05, 0) is 53.5 Å². The molecule has 0 fully saturated rings. The molecule has 3 aromatic carbocycles. The third-order valence-electron chi connectivity index (χ3n) is 7.18. The van der Waals surface area contributed by atoms with Crippen LogP contribution in [0.3, 0.4) is 0 Å². The molecule has 238 valence electrons. The van der Waals surface area contributed by atoms with Gasteiger partial charge in [-0.2, -0.15) is 0 Å². The first-order valence-corrected chi connectivity index (χ1v) is 17.1. The van der Waals surface area contributed by atoms with Crippen molar-refractivity contribution in [3.05, 3.63) is 111 Å². The third kappa shape index (κ3) is 7.75. The van der Waals surface area contributed by atoms with Gasteiger partial charge in [0, 0.05) is 15.8 Å². The van der Waals surface area contributed by atoms with Gasteiger partial charge in [-0.25, -0.2) is 0 Å². The summed E-state index contributed by atoms with van der Waals surface area (Å²) >= 11 is 14.9. The lowest BCUT2D eigenvalue weighted by molar-refractivity contribution is -0.117. The number of methoxy groups -OCH3 is 1. The van der Waals surface area contributed by atoms with Crippen LogP contribution < -0.4 is 14.4 Å². The van der Waals surface area contributed by atoms with Crippen LogP contribution in [-0.4, -0.2) is 40.7 Å². The molecule has 0 spiro atoms. The van der Waals surface area contributed by atoms with E-state index < -0.39 is 23.5 Å². The average Bonchev–Trinajstić information content (AvgIpc) is 3.63. The summed E-state index contributed by atoms with van der Waals surface area (Å²) in [5.41, 5.74) is 2.12. The summed E-state index contributed by atoms with van der Waals surface area (Å²) in [5, 5.41) is 21.0. The van der Waals surface area contributed by atoms with Crippen molar-refractivity contribution in [2.75, 3.05) is 18.6 Å². The number of allylic oxidation sites excluding steroid dienone is 1. The van der Waals surface area contributed by atoms with Crippen LogP contribution in [0.1, 0.15) is 48.9 Å². The monoisotopic (exact) mass is 695 g/mol. The minimum Gasteiger partial charge on any atom is -0.503 e. The van der Waals surface area contributed by atoms with E-state index in [4.69, 9.17) is 32.7 Å². The molecule has 0 saturated carbocycles. The van der Waals surface area contributed by atoms with Crippen molar-refractivity contribution in [2.45, 2.75) is 42.3 Å². The van der Waals surface area contributed by atoms with Gasteiger partial charge in [-0.15, -0.1) is 10.2 Å². The third-order valence-corrected chi connectivity index (χ3v) is 9.87. The van der Waals surface area contributed by atoms with E-state index in [0.29, 0.717) is 43.8 Å². The molecular weight excluding hydrogens is 665 g/mol. The lowest BCUT2D eigenvalue weighted by atomic mass is 9.95. The summed E-state index contributed by atoms with van der Waals surface area (Å²) in [7, 11) is 1.53. The first-order chi connectivity index (χ1) is 22.3. The summed E-state index contributed by atoms with van der Waals surface area (Å²) in [6.07, 6.45) is 6.00. The molecule has 46 heavy (non-hydrogen) atoms. The lowest BCUT2D eigenvalue weighted by Crippen LogP contribution is -2.30. The molecule has 1 aliphatic rings. The van der Waals surface area contributed by atoms with Crippen LogP contribution in [0.5, 0.6) is 11.5 Å². The Bertz CT molecular complexity index is 1780. The Kier molecular flexibility index (Phi) is 11.4. The molecule has 2 heterocycles. The summed E-state index contributed by atoms with van der Waals surface area (Å²) in [6, 6.07) is 18.8. The van der Waals surface area contributed by atoms with E-state index in [-0.39, 0.29) is 10.7 Å². The summed E-state index contributed by atoms with van der Waals surface area (Å²) < 4.78 is 12.2. The number of hydrogen-bond donors (Lipinski definition) is 1. The number of rotatable bonds is 14. The van der Waals surface area contributed by atoms with Crippen molar-refractivity contribution >= 4 is 69.2 Å². The minimum absolute atomic E-state index is 0.0757. The number of thioether (sulfide) groups is 1. The van der Waals surface area contributed by atoms with Gasteiger partial charge in [-0.1, -0.05) is 115 Å². The molecule has 5 rings (SSSR count). The van der Waals surface area contributed by atoms with E-state index in [0.717, 1.165) is 30.4 Å². The molecule has 1 N–H and O–H groups in total. The molecule has 1 aromatic heterocycles. The number of carbonyl (C=O) groups is 2. The van der Waals surface area contributed by atoms with E-state index in [9.17, 15) is 14.7 Å². The number of nitrogens with zero attached hydrogens (tertiary/aromatic N) is 3. The quantitative estimate of drug-likeness (QED) is 0.0604. The molecule has 1 amide bonds. The van der Waals surface area contributed by atoms with Gasteiger partial charge in [0.15, 0.2) is 27.4 Å². The van der Waals surface area contributed by atoms with Crippen LogP contribution in [0.25, 0.3) is 6.08 Å². The number of halogens is 2. The number of ketones is 1. The van der Waals surface area contributed by atoms with Crippen LogP contribution >= 0.6 is 46.3 Å². The Morgan fingerprint density at radius 2 is 1.87 bits per heavy atom. The zero-order chi connectivity index (χ0) is 32.6. The van der Waals surface area contributed by atoms with Crippen LogP contribution in [0, 0.1) is 0 Å². The molecule has 0 saturated heterocycles. The van der Waals surface area contributed by atoms with Gasteiger partial charge in [0.2, 0.25) is 5.13 Å². The SMILES string of the molecule is CCCCCOc1ccc(C2C(C(=O)/C=C/c3ccccc3)=C(O)C(=O)N2c2nnc(SCc3ccc(Cl)cc3Cl)s2)cc1OC. The smallest absolute Gasteiger partial charge is 0.296 e. The second kappa shape index (κ2) is 15.6. The van der Waals surface area contributed by atoms with E-state index in [2.05, 4.69) is 17.1 Å². The fraction of sp³-hybridized carbons (Fsp3) is 0.235. The molecule has 12 heteroatoms. The summed E-state index contributed by atoms with van der Waals surface area (Å²) in [6.45, 7) is 2.65. The maximum absolute atomic E-state index is 13.7. The van der Waals surface area contributed by atoms with Gasteiger partial charge in [0.25, 0.3) is 5.91 Å². The number of carbonyl (C=O) groups excluding carboxylic acids is 2. The Morgan fingerprint density at radius 1 is 1.07 bits per heavy atom. The van der Waals surface area contributed by atoms with Crippen LogP contribution in [0.15, 0.2) is 88.5 Å². The van der Waals surface area contributed by atoms with Crippen molar-refractivity contribution in [2.24, 2.45) is 0 Å². The second-order valence-electron chi connectivity index (χ2n) is 10.3. The number of ether oxygens (including phenoxy) is 2. The predicted octanol–water partition coefficient (Wildman–Crippen LogP) is 8.90. The predicted molar refractivity (Wildman–Crippen MR) is 184 cm³/mol. The summed E-state index contributed by atoms with van der Waals surface area (Å²) in [5.74, 6) is -0.446. The van der Waals surface area contributed by atoms with Gasteiger partial charge in [-0.3, -0.25) is 14.5 Å². The molecule has 0 bridgehead atoms. The zero-order valence-corrected chi connectivity index (χ0v) is 28.3. The molecule has 8 nitrogen and oxygen atoms in total. The standard InChI is InChI=1S/C34H31Cl2N3O5S2/c1-3-4-8-17-44-27-16-13-22(18-28(27)43-2)30-29(26(40)15-11-21-9-6-5-7-10-21)31(41)32(42)39(30)33-37-38-34(46-33)45-20-23-12-14-24(35)19-25(23)36/h5-7,9-16,18-19,30,41H,3-4,8,17,20H2,1-2H3/b15-11+. The largest absolute Gasteiger partial charge is 0.503 e. The molecule has 1 atom stereocenters. The highest BCUT2D eigenvalue weighted by Crippen LogP contribution is 2.45. The fourth-order valence-corrected chi connectivity index (χ4v) is 7.27. The van der Waals surface area contributed by atoms with E-state index in [1.165, 1.54) is 41.2 Å².